The quantitative estimate of drug-likeness (QED) is 0.453. The van der Waals surface area contributed by atoms with Crippen LogP contribution in [0.3, 0.4) is 0 Å². The van der Waals surface area contributed by atoms with Gasteiger partial charge in [-0.25, -0.2) is 4.68 Å². The first-order chi connectivity index (χ1) is 3.84. The highest BCUT2D eigenvalue weighted by Gasteiger charge is 1.91. The van der Waals surface area contributed by atoms with E-state index in [-0.39, 0.29) is 0 Å². The number of hydrogen-bond acceptors (Lipinski definition) is 1. The Labute approximate surface area is 47.4 Å². The van der Waals surface area contributed by atoms with Gasteiger partial charge in [-0.15, -0.1) is 5.10 Å². The minimum Gasteiger partial charge on any atom is -0.362 e. The largest absolute Gasteiger partial charge is 0.362 e. The van der Waals surface area contributed by atoms with Crippen LogP contribution >= 0.6 is 0 Å². The number of hydrogen-bond donors (Lipinski definition) is 0. The fourth-order valence-electron chi connectivity index (χ4n) is 0.477. The molecule has 0 aromatic carbocycles. The second-order valence-electron chi connectivity index (χ2n) is 1.42. The minimum atomic E-state index is 0.574. The zero-order chi connectivity index (χ0) is 5.98. The maximum atomic E-state index is 6.57. The van der Waals surface area contributed by atoms with Crippen molar-refractivity contribution in [3.8, 4) is 0 Å². The summed E-state index contributed by atoms with van der Waals surface area (Å²) in [7, 11) is 1.74. The molecule has 0 saturated carbocycles. The van der Waals surface area contributed by atoms with Gasteiger partial charge in [0.05, 0.1) is 13.2 Å². The fourth-order valence-corrected chi connectivity index (χ4v) is 0.477. The highest BCUT2D eigenvalue weighted by atomic mass is 15.3. The van der Waals surface area contributed by atoms with Crippen LogP contribution in [0.15, 0.2) is 12.3 Å². The molecule has 0 aliphatic heterocycles. The van der Waals surface area contributed by atoms with Crippen LogP contribution < -0.4 is 0 Å². The van der Waals surface area contributed by atoms with Gasteiger partial charge >= 0.3 is 0 Å². The van der Waals surface area contributed by atoms with Gasteiger partial charge in [0.1, 0.15) is 0 Å². The lowest BCUT2D eigenvalue weighted by Crippen LogP contribution is -1.85. The molecule has 0 saturated heterocycles. The predicted octanol–water partition coefficient (Wildman–Crippen LogP) is 0.971. The summed E-state index contributed by atoms with van der Waals surface area (Å²) in [6.45, 7) is 6.57. The lowest BCUT2D eigenvalue weighted by Gasteiger charge is -1.83. The van der Waals surface area contributed by atoms with E-state index in [1.807, 2.05) is 0 Å². The van der Waals surface area contributed by atoms with E-state index < -0.39 is 0 Å². The van der Waals surface area contributed by atoms with Crippen molar-refractivity contribution in [1.82, 2.24) is 9.78 Å². The van der Waals surface area contributed by atoms with Crippen molar-refractivity contribution in [2.45, 2.75) is 0 Å². The molecule has 3 heteroatoms. The molecule has 1 aromatic heterocycles. The van der Waals surface area contributed by atoms with Crippen molar-refractivity contribution < 1.29 is 0 Å². The van der Waals surface area contributed by atoms with E-state index >= 15 is 0 Å². The Bertz CT molecular complexity index is 218. The predicted molar refractivity (Wildman–Crippen MR) is 29.5 cm³/mol. The molecule has 0 fully saturated rings. The highest BCUT2D eigenvalue weighted by Crippen LogP contribution is 2.05. The maximum Gasteiger partial charge on any atom is 0.251 e. The molecule has 1 rings (SSSR count). The summed E-state index contributed by atoms with van der Waals surface area (Å²) in [6, 6.07) is 1.67. The lowest BCUT2D eigenvalue weighted by atomic mass is 10.7. The van der Waals surface area contributed by atoms with Gasteiger partial charge in [0.2, 0.25) is 0 Å². The second-order valence-corrected chi connectivity index (χ2v) is 1.42. The van der Waals surface area contributed by atoms with E-state index in [4.69, 9.17) is 6.57 Å². The van der Waals surface area contributed by atoms with Crippen molar-refractivity contribution in [2.24, 2.45) is 7.05 Å². The van der Waals surface area contributed by atoms with Crippen LogP contribution in [0.2, 0.25) is 0 Å². The maximum absolute atomic E-state index is 6.57. The van der Waals surface area contributed by atoms with Gasteiger partial charge in [-0.3, -0.25) is 0 Å². The zero-order valence-electron chi connectivity index (χ0n) is 4.50. The molecule has 0 atom stereocenters. The van der Waals surface area contributed by atoms with Crippen molar-refractivity contribution in [3.05, 3.63) is 23.7 Å². The van der Waals surface area contributed by atoms with Crippen LogP contribution in [0.25, 0.3) is 4.85 Å². The van der Waals surface area contributed by atoms with Crippen LogP contribution in [-0.4, -0.2) is 9.78 Å². The Hall–Kier alpha value is -1.30. The number of nitrogens with zero attached hydrogens (tertiary/aromatic N) is 3. The average molecular weight is 107 g/mol. The van der Waals surface area contributed by atoms with Crippen molar-refractivity contribution >= 4 is 5.82 Å². The molecule has 0 amide bonds. The summed E-state index contributed by atoms with van der Waals surface area (Å²) in [6.07, 6.45) is 1.60. The van der Waals surface area contributed by atoms with Crippen LogP contribution in [0.5, 0.6) is 0 Å². The Kier molecular flexibility index (Phi) is 1.01. The molecule has 0 aliphatic carbocycles. The molecule has 0 aliphatic rings. The third kappa shape index (κ3) is 0.562. The molecule has 0 bridgehead atoms. The fraction of sp³-hybridized carbons (Fsp3) is 0.200. The zero-order valence-corrected chi connectivity index (χ0v) is 4.50. The van der Waals surface area contributed by atoms with Crippen LogP contribution in [0, 0.1) is 6.57 Å². The first-order valence-electron chi connectivity index (χ1n) is 2.20. The van der Waals surface area contributed by atoms with Crippen LogP contribution in [0.1, 0.15) is 0 Å². The Morgan fingerprint density at radius 2 is 2.62 bits per heavy atom. The van der Waals surface area contributed by atoms with Gasteiger partial charge < -0.3 is 4.85 Å². The first-order valence-corrected chi connectivity index (χ1v) is 2.20. The monoisotopic (exact) mass is 107 g/mol. The standard InChI is InChI=1S/C5H5N3/c1-6-5-3-4-7-8(5)2/h3-4H,2H3. The molecular weight excluding hydrogens is 102 g/mol. The Morgan fingerprint density at radius 1 is 1.88 bits per heavy atom. The summed E-state index contributed by atoms with van der Waals surface area (Å²) >= 11 is 0. The van der Waals surface area contributed by atoms with E-state index in [9.17, 15) is 0 Å². The third-order valence-electron chi connectivity index (χ3n) is 0.910. The van der Waals surface area contributed by atoms with Crippen LogP contribution in [-0.2, 0) is 7.05 Å². The summed E-state index contributed by atoms with van der Waals surface area (Å²) in [5.41, 5.74) is 0. The summed E-state index contributed by atoms with van der Waals surface area (Å²) in [5, 5.41) is 3.79. The highest BCUT2D eigenvalue weighted by molar-refractivity contribution is 5.33. The van der Waals surface area contributed by atoms with E-state index in [0.29, 0.717) is 5.82 Å². The van der Waals surface area contributed by atoms with Crippen LogP contribution in [0.4, 0.5) is 5.82 Å². The van der Waals surface area contributed by atoms with Crippen molar-refractivity contribution in [3.63, 3.8) is 0 Å². The molecule has 0 radical (unpaired) electrons. The second kappa shape index (κ2) is 1.66. The van der Waals surface area contributed by atoms with Crippen molar-refractivity contribution in [2.75, 3.05) is 0 Å². The molecule has 0 N–H and O–H groups in total. The Morgan fingerprint density at radius 3 is 2.88 bits per heavy atom. The summed E-state index contributed by atoms with van der Waals surface area (Å²) in [5.74, 6) is 0.574. The SMILES string of the molecule is [C-]#[N+]c1ccnn1C. The van der Waals surface area contributed by atoms with E-state index in [1.165, 1.54) is 4.68 Å². The van der Waals surface area contributed by atoms with E-state index in [1.54, 1.807) is 19.3 Å². The van der Waals surface area contributed by atoms with Gasteiger partial charge in [0, 0.05) is 0 Å². The smallest absolute Gasteiger partial charge is 0.251 e. The molecule has 8 heavy (non-hydrogen) atoms. The summed E-state index contributed by atoms with van der Waals surface area (Å²) < 4.78 is 1.53. The Balaban J connectivity index is 3.15. The van der Waals surface area contributed by atoms with Gasteiger partial charge in [0.25, 0.3) is 5.82 Å². The van der Waals surface area contributed by atoms with Gasteiger partial charge in [-0.2, -0.15) is 0 Å². The van der Waals surface area contributed by atoms with Gasteiger partial charge in [0.15, 0.2) is 0 Å². The molecule has 0 unspecified atom stereocenters. The normalized spacial score (nSPS) is 8.50. The lowest BCUT2D eigenvalue weighted by molar-refractivity contribution is 0.782. The van der Waals surface area contributed by atoms with Gasteiger partial charge in [-0.1, -0.05) is 6.57 Å². The number of aromatic nitrogens is 2. The average Bonchev–Trinajstić information content (AvgIpc) is 2.14. The van der Waals surface area contributed by atoms with E-state index in [0.717, 1.165) is 0 Å². The van der Waals surface area contributed by atoms with Crippen molar-refractivity contribution in [1.29, 1.82) is 0 Å². The molecular formula is C5H5N3. The number of rotatable bonds is 0. The summed E-state index contributed by atoms with van der Waals surface area (Å²) in [4.78, 5) is 3.18. The molecule has 3 nitrogen and oxygen atoms in total. The molecule has 0 spiro atoms. The van der Waals surface area contributed by atoms with E-state index in [2.05, 4.69) is 9.94 Å². The third-order valence-corrected chi connectivity index (χ3v) is 0.910. The minimum absolute atomic E-state index is 0.574. The van der Waals surface area contributed by atoms with Gasteiger partial charge in [-0.05, 0) is 6.07 Å². The number of aryl methyl sites for hydroxylation is 1. The topological polar surface area (TPSA) is 22.2 Å². The first kappa shape index (κ1) is 4.85. The molecule has 40 valence electrons. The molecule has 1 heterocycles. The molecule has 1 aromatic rings.